The normalized spacial score (nSPS) is 12.5. The molecular formula is C9H14N2O2. The van der Waals surface area contributed by atoms with E-state index >= 15 is 0 Å². The molecule has 0 aliphatic rings. The molecule has 13 heavy (non-hydrogen) atoms. The van der Waals surface area contributed by atoms with Gasteiger partial charge >= 0.3 is 5.97 Å². The Bertz CT molecular complexity index is 294. The van der Waals surface area contributed by atoms with Gasteiger partial charge in [0.1, 0.15) is 6.04 Å². The van der Waals surface area contributed by atoms with Gasteiger partial charge in [-0.2, -0.15) is 5.10 Å². The van der Waals surface area contributed by atoms with Gasteiger partial charge in [-0.15, -0.1) is 0 Å². The predicted octanol–water partition coefficient (Wildman–Crippen LogP) is 1.32. The monoisotopic (exact) mass is 182 g/mol. The van der Waals surface area contributed by atoms with E-state index in [0.717, 1.165) is 5.56 Å². The van der Waals surface area contributed by atoms with E-state index in [0.29, 0.717) is 6.61 Å². The molecule has 1 rings (SSSR count). The van der Waals surface area contributed by atoms with Crippen molar-refractivity contribution in [2.24, 2.45) is 0 Å². The number of aryl methyl sites for hydroxylation is 1. The van der Waals surface area contributed by atoms with Gasteiger partial charge in [0.05, 0.1) is 12.8 Å². The van der Waals surface area contributed by atoms with Crippen LogP contribution in [-0.2, 0) is 9.53 Å². The first-order valence-corrected chi connectivity index (χ1v) is 4.32. The van der Waals surface area contributed by atoms with Gasteiger partial charge in [0.2, 0.25) is 0 Å². The van der Waals surface area contributed by atoms with Crippen molar-refractivity contribution in [2.75, 3.05) is 6.61 Å². The van der Waals surface area contributed by atoms with Crippen molar-refractivity contribution in [1.29, 1.82) is 0 Å². The Balaban J connectivity index is 2.67. The Labute approximate surface area is 77.5 Å². The molecule has 0 N–H and O–H groups in total. The second kappa shape index (κ2) is 4.07. The fraction of sp³-hybridized carbons (Fsp3) is 0.556. The SMILES string of the molecule is CCOC(=O)[C@@H](C)n1cc(C)cn1. The molecule has 0 saturated carbocycles. The molecule has 1 heterocycles. The summed E-state index contributed by atoms with van der Waals surface area (Å²) in [5.41, 5.74) is 1.04. The van der Waals surface area contributed by atoms with Crippen molar-refractivity contribution in [1.82, 2.24) is 9.78 Å². The maximum Gasteiger partial charge on any atom is 0.330 e. The van der Waals surface area contributed by atoms with Crippen LogP contribution in [0.5, 0.6) is 0 Å². The minimum atomic E-state index is -0.339. The average molecular weight is 182 g/mol. The van der Waals surface area contributed by atoms with Crippen LogP contribution in [0.4, 0.5) is 0 Å². The second-order valence-corrected chi connectivity index (χ2v) is 2.93. The highest BCUT2D eigenvalue weighted by atomic mass is 16.5. The summed E-state index contributed by atoms with van der Waals surface area (Å²) in [6.45, 7) is 5.90. The van der Waals surface area contributed by atoms with E-state index in [4.69, 9.17) is 4.74 Å². The molecule has 0 aromatic carbocycles. The number of carbonyl (C=O) groups excluding carboxylic acids is 1. The first kappa shape index (κ1) is 9.77. The zero-order valence-corrected chi connectivity index (χ0v) is 8.15. The number of esters is 1. The van der Waals surface area contributed by atoms with Gasteiger partial charge in [-0.25, -0.2) is 4.79 Å². The van der Waals surface area contributed by atoms with Crippen LogP contribution in [0.3, 0.4) is 0 Å². The lowest BCUT2D eigenvalue weighted by Gasteiger charge is -2.10. The minimum Gasteiger partial charge on any atom is -0.464 e. The maximum absolute atomic E-state index is 11.3. The molecule has 0 amide bonds. The highest BCUT2D eigenvalue weighted by molar-refractivity contribution is 5.73. The van der Waals surface area contributed by atoms with Crippen LogP contribution in [0.15, 0.2) is 12.4 Å². The van der Waals surface area contributed by atoms with Crippen molar-refractivity contribution in [2.45, 2.75) is 26.8 Å². The van der Waals surface area contributed by atoms with Gasteiger partial charge in [-0.05, 0) is 26.3 Å². The van der Waals surface area contributed by atoms with Crippen molar-refractivity contribution >= 4 is 5.97 Å². The number of rotatable bonds is 3. The minimum absolute atomic E-state index is 0.245. The molecule has 4 nitrogen and oxygen atoms in total. The van der Waals surface area contributed by atoms with E-state index in [1.54, 1.807) is 24.7 Å². The fourth-order valence-electron chi connectivity index (χ4n) is 1.02. The van der Waals surface area contributed by atoms with Crippen LogP contribution < -0.4 is 0 Å². The predicted molar refractivity (Wildman–Crippen MR) is 48.3 cm³/mol. The van der Waals surface area contributed by atoms with E-state index in [-0.39, 0.29) is 12.0 Å². The molecule has 0 radical (unpaired) electrons. The fourth-order valence-corrected chi connectivity index (χ4v) is 1.02. The molecule has 0 spiro atoms. The maximum atomic E-state index is 11.3. The van der Waals surface area contributed by atoms with Gasteiger partial charge in [0, 0.05) is 6.20 Å². The smallest absolute Gasteiger partial charge is 0.330 e. The van der Waals surface area contributed by atoms with E-state index in [1.807, 2.05) is 13.1 Å². The molecule has 72 valence electrons. The molecule has 1 atom stereocenters. The lowest BCUT2D eigenvalue weighted by atomic mass is 10.3. The summed E-state index contributed by atoms with van der Waals surface area (Å²) in [5.74, 6) is -0.245. The molecule has 0 unspecified atom stereocenters. The number of nitrogens with zero attached hydrogens (tertiary/aromatic N) is 2. The highest BCUT2D eigenvalue weighted by Gasteiger charge is 2.15. The first-order valence-electron chi connectivity index (χ1n) is 4.32. The molecule has 1 aromatic rings. The van der Waals surface area contributed by atoms with Crippen molar-refractivity contribution in [3.8, 4) is 0 Å². The second-order valence-electron chi connectivity index (χ2n) is 2.93. The highest BCUT2D eigenvalue weighted by Crippen LogP contribution is 2.07. The Kier molecular flexibility index (Phi) is 3.06. The van der Waals surface area contributed by atoms with Crippen molar-refractivity contribution in [3.63, 3.8) is 0 Å². The molecule has 0 bridgehead atoms. The third-order valence-corrected chi connectivity index (χ3v) is 1.76. The Morgan fingerprint density at radius 1 is 1.77 bits per heavy atom. The number of aromatic nitrogens is 2. The first-order chi connectivity index (χ1) is 6.15. The van der Waals surface area contributed by atoms with E-state index < -0.39 is 0 Å². The van der Waals surface area contributed by atoms with Crippen LogP contribution in [0.1, 0.15) is 25.5 Å². The quantitative estimate of drug-likeness (QED) is 0.662. The molecule has 0 aliphatic carbocycles. The summed E-state index contributed by atoms with van der Waals surface area (Å²) in [6, 6.07) is -0.339. The van der Waals surface area contributed by atoms with Crippen LogP contribution in [0.2, 0.25) is 0 Å². The van der Waals surface area contributed by atoms with Crippen LogP contribution in [-0.4, -0.2) is 22.4 Å². The van der Waals surface area contributed by atoms with E-state index in [2.05, 4.69) is 5.10 Å². The van der Waals surface area contributed by atoms with E-state index in [1.165, 1.54) is 0 Å². The molecule has 1 aromatic heterocycles. The Hall–Kier alpha value is -1.32. The zero-order valence-electron chi connectivity index (χ0n) is 8.15. The topological polar surface area (TPSA) is 44.1 Å². The largest absolute Gasteiger partial charge is 0.464 e. The molecule has 0 fully saturated rings. The molecule has 0 aliphatic heterocycles. The zero-order chi connectivity index (χ0) is 9.84. The van der Waals surface area contributed by atoms with Crippen molar-refractivity contribution in [3.05, 3.63) is 18.0 Å². The average Bonchev–Trinajstić information content (AvgIpc) is 2.51. The summed E-state index contributed by atoms with van der Waals surface area (Å²) in [4.78, 5) is 11.3. The third kappa shape index (κ3) is 2.31. The van der Waals surface area contributed by atoms with Gasteiger partial charge in [0.15, 0.2) is 0 Å². The van der Waals surface area contributed by atoms with Crippen LogP contribution in [0.25, 0.3) is 0 Å². The summed E-state index contributed by atoms with van der Waals surface area (Å²) in [5, 5.41) is 4.03. The summed E-state index contributed by atoms with van der Waals surface area (Å²) >= 11 is 0. The number of carbonyl (C=O) groups is 1. The van der Waals surface area contributed by atoms with Crippen LogP contribution >= 0.6 is 0 Å². The lowest BCUT2D eigenvalue weighted by Crippen LogP contribution is -2.19. The summed E-state index contributed by atoms with van der Waals surface area (Å²) in [7, 11) is 0. The summed E-state index contributed by atoms with van der Waals surface area (Å²) in [6.07, 6.45) is 3.54. The van der Waals surface area contributed by atoms with Gasteiger partial charge in [-0.3, -0.25) is 4.68 Å². The van der Waals surface area contributed by atoms with Crippen molar-refractivity contribution < 1.29 is 9.53 Å². The third-order valence-electron chi connectivity index (χ3n) is 1.76. The van der Waals surface area contributed by atoms with Gasteiger partial charge < -0.3 is 4.74 Å². The van der Waals surface area contributed by atoms with E-state index in [9.17, 15) is 4.79 Å². The molecule has 4 heteroatoms. The summed E-state index contributed by atoms with van der Waals surface area (Å²) < 4.78 is 6.47. The molecule has 0 saturated heterocycles. The number of ether oxygens (including phenoxy) is 1. The Morgan fingerprint density at radius 2 is 2.46 bits per heavy atom. The van der Waals surface area contributed by atoms with Gasteiger partial charge in [0.25, 0.3) is 0 Å². The molecular weight excluding hydrogens is 168 g/mol. The standard InChI is InChI=1S/C9H14N2O2/c1-4-13-9(12)8(3)11-6-7(2)5-10-11/h5-6,8H,4H2,1-3H3/t8-/m1/s1. The lowest BCUT2D eigenvalue weighted by molar-refractivity contribution is -0.146. The number of hydrogen-bond acceptors (Lipinski definition) is 3. The number of hydrogen-bond donors (Lipinski definition) is 0. The van der Waals surface area contributed by atoms with Gasteiger partial charge in [-0.1, -0.05) is 0 Å². The Morgan fingerprint density at radius 3 is 2.92 bits per heavy atom. The van der Waals surface area contributed by atoms with Crippen LogP contribution in [0, 0.1) is 6.92 Å².